The molecule has 1 aromatic carbocycles. The first-order chi connectivity index (χ1) is 10.9. The molecule has 1 N–H and O–H groups in total. The quantitative estimate of drug-likeness (QED) is 0.374. The molecule has 2 heterocycles. The zero-order valence-corrected chi connectivity index (χ0v) is 13.0. The summed E-state index contributed by atoms with van der Waals surface area (Å²) in [6.07, 6.45) is -4.21. The fourth-order valence-electron chi connectivity index (χ4n) is 2.57. The predicted octanol–water partition coefficient (Wildman–Crippen LogP) is 0.864. The SMILES string of the molecule is Cc1ccc(S(=O)(=O)O[C@H]2[C@@H](O)[C@H]3CO[C@H](O3)[C@@H]2N=[N+]=[N-])cc1. The highest BCUT2D eigenvalue weighted by atomic mass is 32.2. The lowest BCUT2D eigenvalue weighted by Gasteiger charge is -2.35. The number of hydrogen-bond acceptors (Lipinski definition) is 7. The Morgan fingerprint density at radius 3 is 2.74 bits per heavy atom. The van der Waals surface area contributed by atoms with Gasteiger partial charge in [-0.1, -0.05) is 22.8 Å². The van der Waals surface area contributed by atoms with Crippen molar-refractivity contribution >= 4 is 10.1 Å². The van der Waals surface area contributed by atoms with Crippen LogP contribution >= 0.6 is 0 Å². The van der Waals surface area contributed by atoms with E-state index in [1.165, 1.54) is 12.1 Å². The molecule has 0 saturated carbocycles. The standard InChI is InChI=1S/C13H15N3O6S/c1-7-2-4-8(5-3-7)23(18,19)22-12-10(15-16-14)13-20-6-9(21-13)11(12)17/h2-5,9-13,17H,6H2,1H3/t9-,10-,11+,12-,13-/m1/s1. The molecule has 2 saturated heterocycles. The third-order valence-corrected chi connectivity index (χ3v) is 5.12. The number of benzene rings is 1. The van der Waals surface area contributed by atoms with E-state index >= 15 is 0 Å². The van der Waals surface area contributed by atoms with Crippen LogP contribution in [0.1, 0.15) is 5.56 Å². The molecule has 124 valence electrons. The first kappa shape index (κ1) is 16.2. The Kier molecular flexibility index (Phi) is 4.28. The third-order valence-electron chi connectivity index (χ3n) is 3.80. The van der Waals surface area contributed by atoms with E-state index < -0.39 is 40.8 Å². The van der Waals surface area contributed by atoms with Gasteiger partial charge in [-0.05, 0) is 24.6 Å². The molecule has 2 aliphatic rings. The molecule has 0 radical (unpaired) electrons. The van der Waals surface area contributed by atoms with Crippen molar-refractivity contribution in [1.29, 1.82) is 0 Å². The minimum absolute atomic E-state index is 0.0465. The lowest BCUT2D eigenvalue weighted by atomic mass is 10.00. The summed E-state index contributed by atoms with van der Waals surface area (Å²) < 4.78 is 40.5. The number of aliphatic hydroxyl groups is 1. The summed E-state index contributed by atoms with van der Waals surface area (Å²) in [7, 11) is -4.13. The average molecular weight is 341 g/mol. The molecule has 5 atom stereocenters. The van der Waals surface area contributed by atoms with Gasteiger partial charge in [0.2, 0.25) is 0 Å². The highest BCUT2D eigenvalue weighted by Crippen LogP contribution is 2.33. The van der Waals surface area contributed by atoms with E-state index in [1.54, 1.807) is 12.1 Å². The molecular weight excluding hydrogens is 326 g/mol. The van der Waals surface area contributed by atoms with Crippen LogP contribution < -0.4 is 0 Å². The van der Waals surface area contributed by atoms with Crippen molar-refractivity contribution in [2.45, 2.75) is 42.5 Å². The third kappa shape index (κ3) is 3.05. The van der Waals surface area contributed by atoms with Crippen LogP contribution in [-0.4, -0.2) is 50.8 Å². The topological polar surface area (TPSA) is 131 Å². The van der Waals surface area contributed by atoms with Gasteiger partial charge in [0, 0.05) is 4.91 Å². The number of nitrogens with zero attached hydrogens (tertiary/aromatic N) is 3. The minimum atomic E-state index is -4.13. The minimum Gasteiger partial charge on any atom is -0.388 e. The molecule has 2 aliphatic heterocycles. The Labute approximate surface area is 132 Å². The van der Waals surface area contributed by atoms with Gasteiger partial charge in [0.05, 0.1) is 11.5 Å². The zero-order valence-electron chi connectivity index (χ0n) is 12.1. The number of rotatable bonds is 4. The van der Waals surface area contributed by atoms with Gasteiger partial charge in [-0.25, -0.2) is 0 Å². The van der Waals surface area contributed by atoms with Crippen LogP contribution in [-0.2, 0) is 23.8 Å². The fourth-order valence-corrected chi connectivity index (χ4v) is 3.67. The summed E-state index contributed by atoms with van der Waals surface area (Å²) in [6.45, 7) is 1.90. The molecule has 9 nitrogen and oxygen atoms in total. The molecule has 0 spiro atoms. The van der Waals surface area contributed by atoms with E-state index in [4.69, 9.17) is 19.2 Å². The van der Waals surface area contributed by atoms with Crippen molar-refractivity contribution < 1.29 is 27.2 Å². The molecule has 3 rings (SSSR count). The fraction of sp³-hybridized carbons (Fsp3) is 0.538. The Bertz CT molecular complexity index is 731. The van der Waals surface area contributed by atoms with Gasteiger partial charge in [0.15, 0.2) is 6.29 Å². The van der Waals surface area contributed by atoms with Gasteiger partial charge in [0.25, 0.3) is 10.1 Å². The van der Waals surface area contributed by atoms with Crippen molar-refractivity contribution in [3.8, 4) is 0 Å². The lowest BCUT2D eigenvalue weighted by Crippen LogP contribution is -2.54. The van der Waals surface area contributed by atoms with Crippen LogP contribution in [0.3, 0.4) is 0 Å². The number of aryl methyl sites for hydroxylation is 1. The second-order valence-corrected chi connectivity index (χ2v) is 6.96. The Morgan fingerprint density at radius 1 is 1.39 bits per heavy atom. The van der Waals surface area contributed by atoms with E-state index in [2.05, 4.69) is 10.0 Å². The highest BCUT2D eigenvalue weighted by molar-refractivity contribution is 7.86. The van der Waals surface area contributed by atoms with Crippen LogP contribution in [0.4, 0.5) is 0 Å². The molecule has 0 unspecified atom stereocenters. The van der Waals surface area contributed by atoms with Crippen molar-refractivity contribution in [1.82, 2.24) is 0 Å². The first-order valence-electron chi connectivity index (χ1n) is 6.91. The smallest absolute Gasteiger partial charge is 0.297 e. The highest BCUT2D eigenvalue weighted by Gasteiger charge is 2.52. The Morgan fingerprint density at radius 2 is 2.09 bits per heavy atom. The van der Waals surface area contributed by atoms with Gasteiger partial charge in [-0.15, -0.1) is 0 Å². The maximum Gasteiger partial charge on any atom is 0.297 e. The van der Waals surface area contributed by atoms with Gasteiger partial charge in [0.1, 0.15) is 24.4 Å². The van der Waals surface area contributed by atoms with Gasteiger partial charge in [-0.3, -0.25) is 4.18 Å². The molecule has 1 aromatic rings. The molecule has 0 amide bonds. The van der Waals surface area contributed by atoms with Crippen LogP contribution in [0.2, 0.25) is 0 Å². The van der Waals surface area contributed by atoms with Crippen molar-refractivity contribution in [3.63, 3.8) is 0 Å². The average Bonchev–Trinajstić information content (AvgIpc) is 2.95. The van der Waals surface area contributed by atoms with Crippen molar-refractivity contribution in [2.75, 3.05) is 6.61 Å². The first-order valence-corrected chi connectivity index (χ1v) is 8.32. The van der Waals surface area contributed by atoms with E-state index in [0.29, 0.717) is 0 Å². The number of ether oxygens (including phenoxy) is 2. The largest absolute Gasteiger partial charge is 0.388 e. The maximum absolute atomic E-state index is 12.4. The van der Waals surface area contributed by atoms with Crippen LogP contribution in [0.25, 0.3) is 10.4 Å². The molecular formula is C13H15N3O6S. The van der Waals surface area contributed by atoms with E-state index in [1.807, 2.05) is 6.92 Å². The van der Waals surface area contributed by atoms with Crippen LogP contribution in [0, 0.1) is 6.92 Å². The second-order valence-electron chi connectivity index (χ2n) is 5.39. The number of hydrogen-bond donors (Lipinski definition) is 1. The molecule has 2 fully saturated rings. The van der Waals surface area contributed by atoms with Crippen molar-refractivity contribution in [3.05, 3.63) is 40.3 Å². The van der Waals surface area contributed by atoms with Gasteiger partial charge < -0.3 is 14.6 Å². The summed E-state index contributed by atoms with van der Waals surface area (Å²) in [4.78, 5) is 2.61. The predicted molar refractivity (Wildman–Crippen MR) is 76.8 cm³/mol. The Balaban J connectivity index is 1.89. The van der Waals surface area contributed by atoms with Gasteiger partial charge >= 0.3 is 0 Å². The molecule has 23 heavy (non-hydrogen) atoms. The lowest BCUT2D eigenvalue weighted by molar-refractivity contribution is -0.170. The monoisotopic (exact) mass is 341 g/mol. The summed E-state index contributed by atoms with van der Waals surface area (Å²) in [6, 6.07) is 4.98. The molecule has 0 aromatic heterocycles. The van der Waals surface area contributed by atoms with E-state index in [9.17, 15) is 13.5 Å². The number of azide groups is 1. The number of aliphatic hydroxyl groups excluding tert-OH is 1. The molecule has 2 bridgehead atoms. The second kappa shape index (κ2) is 6.08. The normalized spacial score (nSPS) is 33.2. The Hall–Kier alpha value is -1.68. The van der Waals surface area contributed by atoms with Crippen LogP contribution in [0.15, 0.2) is 34.3 Å². The van der Waals surface area contributed by atoms with Gasteiger partial charge in [-0.2, -0.15) is 8.42 Å². The summed E-state index contributed by atoms with van der Waals surface area (Å²) in [5, 5.41) is 13.7. The number of fused-ring (bicyclic) bond motifs is 2. The summed E-state index contributed by atoms with van der Waals surface area (Å²) >= 11 is 0. The molecule has 10 heteroatoms. The summed E-state index contributed by atoms with van der Waals surface area (Å²) in [5.41, 5.74) is 9.55. The van der Waals surface area contributed by atoms with E-state index in [-0.39, 0.29) is 11.5 Å². The van der Waals surface area contributed by atoms with E-state index in [0.717, 1.165) is 5.56 Å². The maximum atomic E-state index is 12.4. The zero-order chi connectivity index (χ0) is 16.6. The molecule has 0 aliphatic carbocycles. The summed E-state index contributed by atoms with van der Waals surface area (Å²) in [5.74, 6) is 0. The van der Waals surface area contributed by atoms with Crippen molar-refractivity contribution in [2.24, 2.45) is 5.11 Å². The van der Waals surface area contributed by atoms with Crippen LogP contribution in [0.5, 0.6) is 0 Å².